The van der Waals surface area contributed by atoms with Crippen molar-refractivity contribution in [2.75, 3.05) is 25.1 Å². The van der Waals surface area contributed by atoms with Gasteiger partial charge >= 0.3 is 5.97 Å². The van der Waals surface area contributed by atoms with E-state index < -0.39 is 5.54 Å². The number of likely N-dealkylation sites (N-methyl/N-ethyl adjacent to an activating group) is 1. The number of halogens is 1. The number of quaternary nitrogens is 1. The van der Waals surface area contributed by atoms with Crippen LogP contribution in [0, 0.1) is 11.7 Å². The second-order valence-corrected chi connectivity index (χ2v) is 7.02. The van der Waals surface area contributed by atoms with Gasteiger partial charge < -0.3 is 14.5 Å². The molecule has 4 rings (SSSR count). The van der Waals surface area contributed by atoms with E-state index in [1.807, 2.05) is 0 Å². The lowest BCUT2D eigenvalue weighted by molar-refractivity contribution is -0.947. The predicted octanol–water partition coefficient (Wildman–Crippen LogP) is 0.628. The van der Waals surface area contributed by atoms with Crippen molar-refractivity contribution in [3.05, 3.63) is 29.6 Å². The van der Waals surface area contributed by atoms with Gasteiger partial charge in [0.1, 0.15) is 17.8 Å². The molecule has 1 aromatic rings. The number of carbonyl (C=O) groups excluding carboxylic acids is 2. The molecular weight excluding hydrogens is 311 g/mol. The molecule has 1 amide bonds. The first-order valence-corrected chi connectivity index (χ1v) is 8.61. The van der Waals surface area contributed by atoms with Crippen molar-refractivity contribution in [3.8, 4) is 0 Å². The molecule has 2 fully saturated rings. The summed E-state index contributed by atoms with van der Waals surface area (Å²) in [7, 11) is 1.73. The number of hydrogen-bond acceptors (Lipinski definition) is 3. The molecule has 4 atom stereocenters. The molecule has 0 saturated carbocycles. The lowest BCUT2D eigenvalue weighted by atomic mass is 9.84. The van der Waals surface area contributed by atoms with E-state index in [0.717, 1.165) is 35.5 Å². The second kappa shape index (κ2) is 5.28. The molecule has 5 nitrogen and oxygen atoms in total. The minimum absolute atomic E-state index is 0.0307. The minimum atomic E-state index is -0.842. The lowest BCUT2D eigenvalue weighted by Crippen LogP contribution is -3.19. The monoisotopic (exact) mass is 333 g/mol. The molecule has 1 spiro atoms. The van der Waals surface area contributed by atoms with E-state index >= 15 is 0 Å². The Morgan fingerprint density at radius 3 is 3.04 bits per heavy atom. The molecule has 3 aliphatic heterocycles. The van der Waals surface area contributed by atoms with Crippen LogP contribution >= 0.6 is 0 Å². The number of benzene rings is 1. The van der Waals surface area contributed by atoms with Crippen molar-refractivity contribution in [3.63, 3.8) is 0 Å². The molecule has 1 unspecified atom stereocenters. The van der Waals surface area contributed by atoms with Gasteiger partial charge in [-0.2, -0.15) is 0 Å². The summed E-state index contributed by atoms with van der Waals surface area (Å²) < 4.78 is 19.2. The van der Waals surface area contributed by atoms with Gasteiger partial charge in [0.25, 0.3) is 5.91 Å². The van der Waals surface area contributed by atoms with Crippen LogP contribution in [0.25, 0.3) is 0 Å². The first-order chi connectivity index (χ1) is 11.5. The summed E-state index contributed by atoms with van der Waals surface area (Å²) in [5.41, 5.74) is 0.637. The van der Waals surface area contributed by atoms with Crippen LogP contribution in [0.1, 0.15) is 31.7 Å². The van der Waals surface area contributed by atoms with E-state index in [4.69, 9.17) is 4.74 Å². The summed E-state index contributed by atoms with van der Waals surface area (Å²) in [6.45, 7) is 2.96. The number of fused-ring (bicyclic) bond motifs is 4. The van der Waals surface area contributed by atoms with Gasteiger partial charge in [0.05, 0.1) is 18.8 Å². The van der Waals surface area contributed by atoms with Crippen molar-refractivity contribution >= 4 is 17.6 Å². The average molecular weight is 333 g/mol. The van der Waals surface area contributed by atoms with Gasteiger partial charge in [-0.1, -0.05) is 0 Å². The fraction of sp³-hybridized carbons (Fsp3) is 0.556. The zero-order chi connectivity index (χ0) is 17.1. The molecule has 0 aromatic heterocycles. The molecule has 3 heterocycles. The average Bonchev–Trinajstić information content (AvgIpc) is 3.19. The molecule has 1 aromatic carbocycles. The van der Waals surface area contributed by atoms with E-state index in [9.17, 15) is 14.0 Å². The maximum absolute atomic E-state index is 13.9. The highest BCUT2D eigenvalue weighted by Crippen LogP contribution is 2.46. The number of amides is 1. The van der Waals surface area contributed by atoms with Crippen LogP contribution in [0.15, 0.2) is 18.2 Å². The molecule has 6 heteroatoms. The number of nitrogens with one attached hydrogen (secondary N) is 1. The van der Waals surface area contributed by atoms with E-state index in [0.29, 0.717) is 13.0 Å². The van der Waals surface area contributed by atoms with Crippen LogP contribution in [-0.4, -0.2) is 38.1 Å². The fourth-order valence-electron chi connectivity index (χ4n) is 5.11. The Labute approximate surface area is 140 Å². The number of carbonyl (C=O) groups is 2. The Morgan fingerprint density at radius 1 is 1.50 bits per heavy atom. The van der Waals surface area contributed by atoms with Crippen molar-refractivity contribution in [2.45, 2.75) is 37.8 Å². The molecule has 0 radical (unpaired) electrons. The van der Waals surface area contributed by atoms with Crippen LogP contribution in [0.3, 0.4) is 0 Å². The van der Waals surface area contributed by atoms with Crippen LogP contribution in [-0.2, 0) is 19.9 Å². The molecule has 1 N–H and O–H groups in total. The Hall–Kier alpha value is -1.95. The maximum atomic E-state index is 13.9. The Bertz CT molecular complexity index is 722. The normalized spacial score (nSPS) is 33.9. The third-order valence-electron chi connectivity index (χ3n) is 6.01. The number of anilines is 1. The van der Waals surface area contributed by atoms with Gasteiger partial charge in [0.2, 0.25) is 5.54 Å². The summed E-state index contributed by atoms with van der Waals surface area (Å²) in [6.07, 6.45) is 2.28. The number of rotatable bonds is 2. The highest BCUT2D eigenvalue weighted by atomic mass is 19.1. The zero-order valence-corrected chi connectivity index (χ0v) is 14.0. The van der Waals surface area contributed by atoms with E-state index in [2.05, 4.69) is 0 Å². The van der Waals surface area contributed by atoms with Crippen molar-refractivity contribution in [2.24, 2.45) is 5.92 Å². The summed E-state index contributed by atoms with van der Waals surface area (Å²) in [4.78, 5) is 28.4. The quantitative estimate of drug-likeness (QED) is 0.808. The molecule has 24 heavy (non-hydrogen) atoms. The molecule has 128 valence electrons. The number of esters is 1. The van der Waals surface area contributed by atoms with E-state index in [1.54, 1.807) is 24.9 Å². The lowest BCUT2D eigenvalue weighted by Gasteiger charge is -2.30. The third kappa shape index (κ3) is 1.83. The van der Waals surface area contributed by atoms with Crippen LogP contribution in [0.2, 0.25) is 0 Å². The van der Waals surface area contributed by atoms with Crippen molar-refractivity contribution < 1.29 is 23.6 Å². The number of nitrogens with zero attached hydrogens (tertiary/aromatic N) is 1. The summed E-state index contributed by atoms with van der Waals surface area (Å²) in [5, 5.41) is 0. The van der Waals surface area contributed by atoms with Gasteiger partial charge in [-0.3, -0.25) is 9.59 Å². The number of ether oxygens (including phenoxy) is 1. The van der Waals surface area contributed by atoms with Crippen molar-refractivity contribution in [1.29, 1.82) is 0 Å². The topological polar surface area (TPSA) is 51.1 Å². The summed E-state index contributed by atoms with van der Waals surface area (Å²) in [6, 6.07) is 4.61. The minimum Gasteiger partial charge on any atom is -0.466 e. The van der Waals surface area contributed by atoms with Crippen LogP contribution in [0.4, 0.5) is 10.1 Å². The first-order valence-electron chi connectivity index (χ1n) is 8.61. The standard InChI is InChI=1S/C18H21FN2O3/c1-3-24-16(22)12-10-18(21-8-4-5-14(12)21)13-9-11(19)6-7-15(13)20(2)17(18)23/h6-7,9,12,14H,3-5,8,10H2,1-2H3/p+1/t12-,14+,18-/m1/s1. The molecule has 0 bridgehead atoms. The second-order valence-electron chi connectivity index (χ2n) is 7.02. The largest absolute Gasteiger partial charge is 0.466 e. The molecule has 0 aliphatic carbocycles. The van der Waals surface area contributed by atoms with Gasteiger partial charge in [-0.25, -0.2) is 4.39 Å². The van der Waals surface area contributed by atoms with Gasteiger partial charge in [0, 0.05) is 31.9 Å². The predicted molar refractivity (Wildman–Crippen MR) is 85.1 cm³/mol. The van der Waals surface area contributed by atoms with Gasteiger partial charge in [-0.05, 0) is 25.1 Å². The van der Waals surface area contributed by atoms with Gasteiger partial charge in [0.15, 0.2) is 0 Å². The maximum Gasteiger partial charge on any atom is 0.315 e. The first kappa shape index (κ1) is 15.6. The van der Waals surface area contributed by atoms with Crippen molar-refractivity contribution in [1.82, 2.24) is 0 Å². The van der Waals surface area contributed by atoms with Gasteiger partial charge in [-0.15, -0.1) is 0 Å². The Balaban J connectivity index is 1.84. The van der Waals surface area contributed by atoms with Crippen LogP contribution < -0.4 is 9.80 Å². The highest BCUT2D eigenvalue weighted by molar-refractivity contribution is 6.06. The van der Waals surface area contributed by atoms with E-state index in [-0.39, 0.29) is 29.7 Å². The fourth-order valence-corrected chi connectivity index (χ4v) is 5.11. The zero-order valence-electron chi connectivity index (χ0n) is 14.0. The summed E-state index contributed by atoms with van der Waals surface area (Å²) in [5.74, 6) is -0.893. The highest BCUT2D eigenvalue weighted by Gasteiger charge is 2.68. The summed E-state index contributed by atoms with van der Waals surface area (Å²) >= 11 is 0. The number of hydrogen-bond donors (Lipinski definition) is 1. The molecule has 3 aliphatic rings. The molecular formula is C18H22FN2O3+. The third-order valence-corrected chi connectivity index (χ3v) is 6.01. The SMILES string of the molecule is CCOC(=O)[C@@H]1C[C@@]2(C(=O)N(C)c3ccc(F)cc32)[NH+]2CCC[C@@H]12. The Kier molecular flexibility index (Phi) is 3.42. The molecule has 2 saturated heterocycles. The van der Waals surface area contributed by atoms with Crippen LogP contribution in [0.5, 0.6) is 0 Å². The smallest absolute Gasteiger partial charge is 0.315 e. The Morgan fingerprint density at radius 2 is 2.29 bits per heavy atom. The van der Waals surface area contributed by atoms with E-state index in [1.165, 1.54) is 12.1 Å².